The molecule has 0 rings (SSSR count). The molecule has 0 atom stereocenters. The Balaban J connectivity index is 0. The third-order valence-corrected chi connectivity index (χ3v) is 11.7. The Morgan fingerprint density at radius 3 is 1.14 bits per heavy atom. The van der Waals surface area contributed by atoms with Crippen molar-refractivity contribution in [3.8, 4) is 0 Å². The molecule has 0 spiro atoms. The third kappa shape index (κ3) is 11.2. The van der Waals surface area contributed by atoms with Gasteiger partial charge in [0.25, 0.3) is 0 Å². The van der Waals surface area contributed by atoms with Crippen LogP contribution in [0.25, 0.3) is 0 Å². The Hall–Kier alpha value is 1.15. The topological polar surface area (TPSA) is 0 Å². The van der Waals surface area contributed by atoms with E-state index in [1.54, 1.807) is 13.3 Å². The first-order valence-corrected chi connectivity index (χ1v) is 12.2. The fraction of sp³-hybridized carbons (Fsp3) is 1.00. The summed E-state index contributed by atoms with van der Waals surface area (Å²) in [6.07, 6.45) is 8.85. The number of hydrogen-bond acceptors (Lipinski definition) is 0. The van der Waals surface area contributed by atoms with Crippen LogP contribution in [0.5, 0.6) is 0 Å². The van der Waals surface area contributed by atoms with Gasteiger partial charge in [-0.05, 0) is 0 Å². The zero-order valence-electron chi connectivity index (χ0n) is 10.4. The van der Waals surface area contributed by atoms with Crippen molar-refractivity contribution in [1.29, 1.82) is 0 Å². The molecule has 2 heteroatoms. The van der Waals surface area contributed by atoms with Crippen LogP contribution in [0.4, 0.5) is 0 Å². The monoisotopic (exact) mass is 325 g/mol. The average molecular weight is 324 g/mol. The van der Waals surface area contributed by atoms with Gasteiger partial charge in [-0.15, -0.1) is 0 Å². The molecule has 14 heavy (non-hydrogen) atoms. The van der Waals surface area contributed by atoms with Gasteiger partial charge in [0.05, 0.1) is 0 Å². The summed E-state index contributed by atoms with van der Waals surface area (Å²) in [6, 6.07) is 0. The molecule has 0 aliphatic heterocycles. The summed E-state index contributed by atoms with van der Waals surface area (Å²) in [7, 11) is 0. The molecule has 87 valence electrons. The summed E-state index contributed by atoms with van der Waals surface area (Å²) in [5.74, 6) is 0. The Kier molecular flexibility index (Phi) is 17.7. The van der Waals surface area contributed by atoms with Gasteiger partial charge in [-0.1, -0.05) is 0 Å². The second-order valence-corrected chi connectivity index (χ2v) is 12.6. The van der Waals surface area contributed by atoms with Crippen molar-refractivity contribution in [1.82, 2.24) is 0 Å². The zero-order valence-corrected chi connectivity index (χ0v) is 14.2. The van der Waals surface area contributed by atoms with E-state index in [0.29, 0.717) is 0 Å². The Morgan fingerprint density at radius 2 is 0.929 bits per heavy atom. The van der Waals surface area contributed by atoms with Crippen LogP contribution in [-0.4, -0.2) is 19.8 Å². The first-order chi connectivity index (χ1) is 6.35. The molecule has 0 saturated carbocycles. The van der Waals surface area contributed by atoms with Crippen LogP contribution in [0.3, 0.4) is 0 Å². The van der Waals surface area contributed by atoms with E-state index in [4.69, 9.17) is 0 Å². The normalized spacial score (nSPS) is 10.3. The van der Waals surface area contributed by atoms with E-state index < -0.39 is 19.8 Å². The molecule has 0 N–H and O–H groups in total. The average Bonchev–Trinajstić information content (AvgIpc) is 2.17. The molecular weight excluding hydrogens is 295 g/mol. The van der Waals surface area contributed by atoms with Crippen molar-refractivity contribution in [3.63, 3.8) is 0 Å². The van der Waals surface area contributed by atoms with Crippen molar-refractivity contribution in [3.05, 3.63) is 0 Å². The van der Waals surface area contributed by atoms with Gasteiger partial charge in [-0.3, -0.25) is 0 Å². The van der Waals surface area contributed by atoms with E-state index in [9.17, 15) is 0 Å². The van der Waals surface area contributed by atoms with Gasteiger partial charge in [0.15, 0.2) is 0 Å². The molecule has 0 aromatic rings. The summed E-state index contributed by atoms with van der Waals surface area (Å²) in [6.45, 7) is 7.00. The first-order valence-electron chi connectivity index (χ1n) is 6.18. The molecule has 1 radical (unpaired) electrons. The van der Waals surface area contributed by atoms with Crippen LogP contribution in [-0.2, 0) is 0 Å². The van der Waals surface area contributed by atoms with Gasteiger partial charge < -0.3 is 0 Å². The van der Waals surface area contributed by atoms with Crippen LogP contribution in [0.2, 0.25) is 13.3 Å². The minimum atomic E-state index is -0.839. The summed E-state index contributed by atoms with van der Waals surface area (Å²) in [5.41, 5.74) is 0. The minimum absolute atomic E-state index is 0. The van der Waals surface area contributed by atoms with Crippen molar-refractivity contribution in [2.24, 2.45) is 0 Å². The summed E-state index contributed by atoms with van der Waals surface area (Å²) < 4.78 is 5.04. The zero-order chi connectivity index (χ0) is 9.94. The molecule has 0 saturated heterocycles. The molecule has 0 heterocycles. The SMILES string of the molecule is CCC[CH2][Sn]([CH2]CCC)[CH2]CCC.S. The van der Waals surface area contributed by atoms with Crippen molar-refractivity contribution in [2.45, 2.75) is 72.6 Å². The second kappa shape index (κ2) is 14.1. The number of hydrogen-bond donors (Lipinski definition) is 0. The van der Waals surface area contributed by atoms with Gasteiger partial charge in [0.2, 0.25) is 0 Å². The van der Waals surface area contributed by atoms with E-state index in [2.05, 4.69) is 20.8 Å². The first kappa shape index (κ1) is 17.5. The molecule has 0 aromatic carbocycles. The molecule has 0 bridgehead atoms. The molecular formula is C12H29SSn. The second-order valence-electron chi connectivity index (χ2n) is 4.06. The van der Waals surface area contributed by atoms with Gasteiger partial charge in [0.1, 0.15) is 0 Å². The fourth-order valence-corrected chi connectivity index (χ4v) is 11.1. The maximum Gasteiger partial charge on any atom is -0.197 e. The molecule has 0 fully saturated rings. The van der Waals surface area contributed by atoms with Crippen LogP contribution in [0.15, 0.2) is 0 Å². The predicted molar refractivity (Wildman–Crippen MR) is 75.3 cm³/mol. The van der Waals surface area contributed by atoms with E-state index in [1.807, 2.05) is 0 Å². The standard InChI is InChI=1S/3C4H9.H2S.Sn/c3*1-3-4-2;;/h3*1,3-4H2,2H3;1H2;. The maximum absolute atomic E-state index is 2.33. The summed E-state index contributed by atoms with van der Waals surface area (Å²) >= 11 is -0.839. The van der Waals surface area contributed by atoms with Crippen LogP contribution >= 0.6 is 13.5 Å². The van der Waals surface area contributed by atoms with E-state index >= 15 is 0 Å². The van der Waals surface area contributed by atoms with Gasteiger partial charge in [0, 0.05) is 0 Å². The Morgan fingerprint density at radius 1 is 0.643 bits per heavy atom. The minimum Gasteiger partial charge on any atom is -0.197 e. The summed E-state index contributed by atoms with van der Waals surface area (Å²) in [5, 5.41) is 0. The summed E-state index contributed by atoms with van der Waals surface area (Å²) in [4.78, 5) is 0. The van der Waals surface area contributed by atoms with Gasteiger partial charge in [-0.2, -0.15) is 13.5 Å². The number of rotatable bonds is 9. The quantitative estimate of drug-likeness (QED) is 0.524. The molecule has 0 aliphatic carbocycles. The van der Waals surface area contributed by atoms with Crippen molar-refractivity contribution >= 4 is 33.3 Å². The molecule has 0 aromatic heterocycles. The van der Waals surface area contributed by atoms with Gasteiger partial charge in [-0.25, -0.2) is 0 Å². The molecule has 0 nitrogen and oxygen atoms in total. The van der Waals surface area contributed by atoms with Crippen LogP contribution < -0.4 is 0 Å². The largest absolute Gasteiger partial charge is 0.197 e. The van der Waals surface area contributed by atoms with Crippen molar-refractivity contribution < 1.29 is 0 Å². The Bertz CT molecular complexity index is 77.3. The predicted octanol–water partition coefficient (Wildman–Crippen LogP) is 4.99. The molecule has 0 amide bonds. The van der Waals surface area contributed by atoms with Crippen LogP contribution in [0.1, 0.15) is 59.3 Å². The number of unbranched alkanes of at least 4 members (excludes halogenated alkanes) is 3. The third-order valence-electron chi connectivity index (χ3n) is 2.65. The Labute approximate surface area is 105 Å². The molecule has 0 aliphatic rings. The fourth-order valence-electron chi connectivity index (χ4n) is 1.66. The van der Waals surface area contributed by atoms with E-state index in [-0.39, 0.29) is 13.5 Å². The van der Waals surface area contributed by atoms with E-state index in [0.717, 1.165) is 0 Å². The maximum atomic E-state index is 2.33. The van der Waals surface area contributed by atoms with Gasteiger partial charge >= 0.3 is 92.4 Å². The van der Waals surface area contributed by atoms with E-state index in [1.165, 1.54) is 38.5 Å². The van der Waals surface area contributed by atoms with Crippen molar-refractivity contribution in [2.75, 3.05) is 0 Å². The smallest absolute Gasteiger partial charge is 0.197 e. The van der Waals surface area contributed by atoms with Crippen LogP contribution in [0, 0.1) is 0 Å². The molecule has 0 unspecified atom stereocenters.